The van der Waals surface area contributed by atoms with E-state index in [0.29, 0.717) is 22.7 Å². The molecule has 0 unspecified atom stereocenters. The quantitative estimate of drug-likeness (QED) is 0.629. The van der Waals surface area contributed by atoms with Crippen LogP contribution in [0.2, 0.25) is 0 Å². The van der Waals surface area contributed by atoms with Crippen LogP contribution in [0.4, 0.5) is 19.0 Å². The number of fused-ring (bicyclic) bond motifs is 1. The van der Waals surface area contributed by atoms with Crippen molar-refractivity contribution in [2.24, 2.45) is 0 Å². The first kappa shape index (κ1) is 17.6. The van der Waals surface area contributed by atoms with Crippen molar-refractivity contribution in [3.8, 4) is 0 Å². The van der Waals surface area contributed by atoms with Gasteiger partial charge in [0.15, 0.2) is 5.65 Å². The Kier molecular flexibility index (Phi) is 4.89. The van der Waals surface area contributed by atoms with Crippen molar-refractivity contribution in [1.29, 1.82) is 0 Å². The Morgan fingerprint density at radius 1 is 1.16 bits per heavy atom. The second kappa shape index (κ2) is 6.95. The summed E-state index contributed by atoms with van der Waals surface area (Å²) in [6.07, 6.45) is -1.25. The molecule has 0 aliphatic carbocycles. The van der Waals surface area contributed by atoms with Crippen LogP contribution in [0.25, 0.3) is 11.0 Å². The number of hydrogen-bond acceptors (Lipinski definition) is 4. The molecule has 4 nitrogen and oxygen atoms in total. The molecule has 0 saturated carbocycles. The molecule has 0 spiro atoms. The van der Waals surface area contributed by atoms with E-state index in [1.165, 1.54) is 12.1 Å². The van der Waals surface area contributed by atoms with Gasteiger partial charge in [0, 0.05) is 16.2 Å². The summed E-state index contributed by atoms with van der Waals surface area (Å²) in [7, 11) is 0. The number of alkyl halides is 2. The number of nitrogens with zero attached hydrogens (tertiary/aromatic N) is 3. The molecule has 0 saturated heterocycles. The molecule has 1 atom stereocenters. The van der Waals surface area contributed by atoms with Gasteiger partial charge in [-0.25, -0.2) is 28.1 Å². The van der Waals surface area contributed by atoms with Crippen LogP contribution in [-0.4, -0.2) is 15.0 Å². The smallest absolute Gasteiger partial charge is 0.266 e. The molecular formula is C17H14BrF3N4. The van der Waals surface area contributed by atoms with Crippen LogP contribution in [0, 0.1) is 12.7 Å². The predicted octanol–water partition coefficient (Wildman–Crippen LogP) is 5.35. The summed E-state index contributed by atoms with van der Waals surface area (Å²) < 4.78 is 40.9. The number of nitrogens with one attached hydrogen (secondary N) is 1. The molecule has 0 amide bonds. The molecule has 2 heterocycles. The van der Waals surface area contributed by atoms with Crippen LogP contribution < -0.4 is 5.32 Å². The van der Waals surface area contributed by atoms with Crippen LogP contribution in [0.1, 0.15) is 36.3 Å². The molecule has 3 aromatic rings. The van der Waals surface area contributed by atoms with Crippen LogP contribution in [0.5, 0.6) is 0 Å². The fraction of sp³-hybridized carbons (Fsp3) is 0.235. The van der Waals surface area contributed by atoms with Crippen molar-refractivity contribution in [3.63, 3.8) is 0 Å². The van der Waals surface area contributed by atoms with Gasteiger partial charge < -0.3 is 5.32 Å². The van der Waals surface area contributed by atoms with E-state index in [9.17, 15) is 13.2 Å². The number of anilines is 1. The fourth-order valence-corrected chi connectivity index (χ4v) is 2.89. The highest BCUT2D eigenvalue weighted by atomic mass is 79.9. The second-order valence-electron chi connectivity index (χ2n) is 5.56. The van der Waals surface area contributed by atoms with Crippen LogP contribution in [0.3, 0.4) is 0 Å². The number of pyridine rings is 1. The summed E-state index contributed by atoms with van der Waals surface area (Å²) >= 11 is 3.34. The van der Waals surface area contributed by atoms with Crippen molar-refractivity contribution in [3.05, 3.63) is 57.7 Å². The molecule has 8 heteroatoms. The minimum atomic E-state index is -2.87. The summed E-state index contributed by atoms with van der Waals surface area (Å²) in [5.74, 6) is 0.0522. The van der Waals surface area contributed by atoms with Gasteiger partial charge in [0.1, 0.15) is 17.5 Å². The molecule has 2 aromatic heterocycles. The Hall–Kier alpha value is -2.22. The first-order valence-electron chi connectivity index (χ1n) is 7.49. The summed E-state index contributed by atoms with van der Waals surface area (Å²) in [5.41, 5.74) is 0.0247. The topological polar surface area (TPSA) is 50.7 Å². The van der Waals surface area contributed by atoms with Gasteiger partial charge >= 0.3 is 0 Å². The highest BCUT2D eigenvalue weighted by Crippen LogP contribution is 2.30. The monoisotopic (exact) mass is 410 g/mol. The summed E-state index contributed by atoms with van der Waals surface area (Å²) in [6.45, 7) is 3.40. The Morgan fingerprint density at radius 3 is 2.60 bits per heavy atom. The Bertz CT molecular complexity index is 933. The number of rotatable bonds is 4. The van der Waals surface area contributed by atoms with Gasteiger partial charge in [-0.3, -0.25) is 0 Å². The average Bonchev–Trinajstić information content (AvgIpc) is 2.55. The Labute approximate surface area is 150 Å². The van der Waals surface area contributed by atoms with Gasteiger partial charge in [0.05, 0.1) is 17.0 Å². The van der Waals surface area contributed by atoms with Crippen LogP contribution in [-0.2, 0) is 0 Å². The van der Waals surface area contributed by atoms with Crippen molar-refractivity contribution >= 4 is 32.8 Å². The van der Waals surface area contributed by atoms with E-state index in [0.717, 1.165) is 10.5 Å². The van der Waals surface area contributed by atoms with E-state index in [1.54, 1.807) is 26.1 Å². The van der Waals surface area contributed by atoms with E-state index in [4.69, 9.17) is 0 Å². The molecule has 25 heavy (non-hydrogen) atoms. The lowest BCUT2D eigenvalue weighted by atomic mass is 10.0. The molecule has 1 aromatic carbocycles. The maximum absolute atomic E-state index is 14.4. The standard InChI is InChI=1S/C17H14BrF3N4/c1-8(11-4-3-5-12(14(11)19)15(20)21)23-17-13-6-10(18)7-22-16(13)24-9(2)25-17/h3-8,15H,1-2H3,(H,22,23,24,25)/t8-/m1/s1. The average molecular weight is 411 g/mol. The number of benzene rings is 1. The zero-order chi connectivity index (χ0) is 18.1. The lowest BCUT2D eigenvalue weighted by Crippen LogP contribution is -2.12. The zero-order valence-corrected chi connectivity index (χ0v) is 15.0. The van der Waals surface area contributed by atoms with Gasteiger partial charge in [0.2, 0.25) is 0 Å². The fourth-order valence-electron chi connectivity index (χ4n) is 2.56. The van der Waals surface area contributed by atoms with Crippen LogP contribution >= 0.6 is 15.9 Å². The zero-order valence-electron chi connectivity index (χ0n) is 13.4. The van der Waals surface area contributed by atoms with Crippen LogP contribution in [0.15, 0.2) is 34.9 Å². The largest absolute Gasteiger partial charge is 0.363 e. The number of aromatic nitrogens is 3. The van der Waals surface area contributed by atoms with E-state index in [2.05, 4.69) is 36.2 Å². The maximum atomic E-state index is 14.4. The minimum absolute atomic E-state index is 0.144. The minimum Gasteiger partial charge on any atom is -0.363 e. The van der Waals surface area contributed by atoms with Gasteiger partial charge in [0.25, 0.3) is 6.43 Å². The molecule has 130 valence electrons. The highest BCUT2D eigenvalue weighted by Gasteiger charge is 2.20. The Morgan fingerprint density at radius 2 is 1.88 bits per heavy atom. The second-order valence-corrected chi connectivity index (χ2v) is 6.48. The third kappa shape index (κ3) is 3.58. The van der Waals surface area contributed by atoms with Crippen molar-refractivity contribution in [1.82, 2.24) is 15.0 Å². The van der Waals surface area contributed by atoms with Gasteiger partial charge in [-0.05, 0) is 35.8 Å². The Balaban J connectivity index is 2.02. The van der Waals surface area contributed by atoms with Gasteiger partial charge in [-0.1, -0.05) is 18.2 Å². The molecule has 1 N–H and O–H groups in total. The van der Waals surface area contributed by atoms with E-state index in [1.807, 2.05) is 0 Å². The van der Waals surface area contributed by atoms with E-state index < -0.39 is 23.8 Å². The van der Waals surface area contributed by atoms with E-state index in [-0.39, 0.29) is 5.56 Å². The van der Waals surface area contributed by atoms with Gasteiger partial charge in [-0.2, -0.15) is 0 Å². The maximum Gasteiger partial charge on any atom is 0.266 e. The van der Waals surface area contributed by atoms with Crippen molar-refractivity contribution in [2.45, 2.75) is 26.3 Å². The molecule has 0 fully saturated rings. The normalized spacial score (nSPS) is 12.6. The number of hydrogen-bond donors (Lipinski definition) is 1. The summed E-state index contributed by atoms with van der Waals surface area (Å²) in [4.78, 5) is 12.8. The molecule has 0 aliphatic heterocycles. The molecule has 3 rings (SSSR count). The molecular weight excluding hydrogens is 397 g/mol. The summed E-state index contributed by atoms with van der Waals surface area (Å²) in [5, 5.41) is 3.73. The van der Waals surface area contributed by atoms with Crippen molar-refractivity contribution < 1.29 is 13.2 Å². The molecule has 0 aliphatic rings. The van der Waals surface area contributed by atoms with Gasteiger partial charge in [-0.15, -0.1) is 0 Å². The number of aryl methyl sites for hydroxylation is 1. The predicted molar refractivity (Wildman–Crippen MR) is 93.2 cm³/mol. The lowest BCUT2D eigenvalue weighted by molar-refractivity contribution is 0.146. The number of halogens is 4. The first-order chi connectivity index (χ1) is 11.9. The highest BCUT2D eigenvalue weighted by molar-refractivity contribution is 9.10. The third-order valence-electron chi connectivity index (χ3n) is 3.74. The SMILES string of the molecule is Cc1nc(N[C@H](C)c2cccc(C(F)F)c2F)c2cc(Br)cnc2n1. The molecule has 0 radical (unpaired) electrons. The first-order valence-corrected chi connectivity index (χ1v) is 8.29. The third-order valence-corrected chi connectivity index (χ3v) is 4.18. The summed E-state index contributed by atoms with van der Waals surface area (Å²) in [6, 6.07) is 5.20. The van der Waals surface area contributed by atoms with Crippen molar-refractivity contribution in [2.75, 3.05) is 5.32 Å². The lowest BCUT2D eigenvalue weighted by Gasteiger charge is -2.18. The van der Waals surface area contributed by atoms with E-state index >= 15 is 0 Å². The molecule has 0 bridgehead atoms.